The molecule has 0 saturated heterocycles. The molecule has 0 unspecified atom stereocenters. The maximum Gasteiger partial charge on any atom is 0.280 e. The Morgan fingerprint density at radius 3 is 2.66 bits per heavy atom. The van der Waals surface area contributed by atoms with Crippen LogP contribution in [0, 0.1) is 13.8 Å². The van der Waals surface area contributed by atoms with E-state index in [9.17, 15) is 9.59 Å². The minimum atomic E-state index is -0.531. The van der Waals surface area contributed by atoms with Gasteiger partial charge in [-0.05, 0) is 37.6 Å². The molecule has 0 aliphatic rings. The molecule has 1 aromatic heterocycles. The lowest BCUT2D eigenvalue weighted by molar-refractivity contribution is -0.116. The number of benzene rings is 2. The summed E-state index contributed by atoms with van der Waals surface area (Å²) in [4.78, 5) is 24.8. The van der Waals surface area contributed by atoms with Crippen molar-refractivity contribution in [2.75, 3.05) is 23.5 Å². The number of aryl methyl sites for hydroxylation is 2. The number of amides is 2. The van der Waals surface area contributed by atoms with Crippen molar-refractivity contribution in [2.45, 2.75) is 20.4 Å². The highest BCUT2D eigenvalue weighted by molar-refractivity contribution is 6.05. The number of hydrogen-bond donors (Lipinski definition) is 3. The summed E-state index contributed by atoms with van der Waals surface area (Å²) < 4.78 is 6.30. The molecule has 150 valence electrons. The van der Waals surface area contributed by atoms with E-state index < -0.39 is 5.91 Å². The van der Waals surface area contributed by atoms with Crippen LogP contribution in [-0.2, 0) is 11.3 Å². The predicted molar refractivity (Wildman–Crippen MR) is 110 cm³/mol. The van der Waals surface area contributed by atoms with Crippen LogP contribution in [0.15, 0.2) is 42.5 Å². The van der Waals surface area contributed by atoms with Crippen molar-refractivity contribution in [3.8, 4) is 5.75 Å². The van der Waals surface area contributed by atoms with Crippen LogP contribution in [0.4, 0.5) is 17.2 Å². The highest BCUT2D eigenvalue weighted by atomic mass is 16.5. The Balaban J connectivity index is 1.68. The van der Waals surface area contributed by atoms with Gasteiger partial charge in [-0.25, -0.2) is 4.68 Å². The van der Waals surface area contributed by atoms with Gasteiger partial charge in [0.05, 0.1) is 7.11 Å². The predicted octanol–water partition coefficient (Wildman–Crippen LogP) is 2.38. The lowest BCUT2D eigenvalue weighted by Crippen LogP contribution is -2.21. The lowest BCUT2D eigenvalue weighted by atomic mass is 10.1. The maximum absolute atomic E-state index is 12.5. The Morgan fingerprint density at radius 1 is 1.14 bits per heavy atom. The SMILES string of the molecule is COc1cccc(NC(=O)c2nnn(CC(=O)Nc3ccc(C)cc3C)c2N)c1. The number of nitrogens with one attached hydrogen (secondary N) is 2. The second-order valence-corrected chi connectivity index (χ2v) is 6.53. The molecular formula is C20H22N6O3. The van der Waals surface area contributed by atoms with Gasteiger partial charge in [0.2, 0.25) is 5.91 Å². The van der Waals surface area contributed by atoms with E-state index in [4.69, 9.17) is 10.5 Å². The summed E-state index contributed by atoms with van der Waals surface area (Å²) in [5, 5.41) is 13.1. The molecule has 0 atom stereocenters. The molecule has 9 heteroatoms. The maximum atomic E-state index is 12.5. The molecule has 0 aliphatic heterocycles. The van der Waals surface area contributed by atoms with Crippen molar-refractivity contribution < 1.29 is 14.3 Å². The molecule has 0 aliphatic carbocycles. The van der Waals surface area contributed by atoms with E-state index in [2.05, 4.69) is 20.9 Å². The first kappa shape index (κ1) is 19.9. The number of rotatable bonds is 6. The average Bonchev–Trinajstić information content (AvgIpc) is 3.04. The zero-order chi connectivity index (χ0) is 21.0. The number of nitrogens with zero attached hydrogens (tertiary/aromatic N) is 3. The van der Waals surface area contributed by atoms with Crippen molar-refractivity contribution in [3.63, 3.8) is 0 Å². The molecule has 29 heavy (non-hydrogen) atoms. The van der Waals surface area contributed by atoms with Gasteiger partial charge in [0.25, 0.3) is 5.91 Å². The topological polar surface area (TPSA) is 124 Å². The first-order valence-corrected chi connectivity index (χ1v) is 8.89. The Labute approximate surface area is 167 Å². The van der Waals surface area contributed by atoms with E-state index in [0.717, 1.165) is 11.1 Å². The Kier molecular flexibility index (Phi) is 5.77. The van der Waals surface area contributed by atoms with Crippen LogP contribution in [0.3, 0.4) is 0 Å². The van der Waals surface area contributed by atoms with Gasteiger partial charge in [0.15, 0.2) is 11.5 Å². The number of aromatic nitrogens is 3. The molecule has 0 radical (unpaired) electrons. The van der Waals surface area contributed by atoms with Crippen molar-refractivity contribution in [2.24, 2.45) is 0 Å². The van der Waals surface area contributed by atoms with Gasteiger partial charge in [-0.1, -0.05) is 29.0 Å². The van der Waals surface area contributed by atoms with Gasteiger partial charge < -0.3 is 21.1 Å². The fraction of sp³-hybridized carbons (Fsp3) is 0.200. The summed E-state index contributed by atoms with van der Waals surface area (Å²) in [5.74, 6) is -0.256. The standard InChI is InChI=1S/C20H22N6O3/c1-12-7-8-16(13(2)9-12)23-17(27)11-26-19(21)18(24-25-26)20(28)22-14-5-4-6-15(10-14)29-3/h4-10H,11,21H2,1-3H3,(H,22,28)(H,23,27). The Bertz CT molecular complexity index is 1060. The van der Waals surface area contributed by atoms with Crippen LogP contribution in [0.25, 0.3) is 0 Å². The second kappa shape index (κ2) is 8.42. The van der Waals surface area contributed by atoms with Crippen molar-refractivity contribution >= 4 is 29.0 Å². The minimum absolute atomic E-state index is 0.00109. The summed E-state index contributed by atoms with van der Waals surface area (Å²) in [6.45, 7) is 3.72. The van der Waals surface area contributed by atoms with Crippen molar-refractivity contribution in [3.05, 3.63) is 59.3 Å². The van der Waals surface area contributed by atoms with Gasteiger partial charge in [-0.3, -0.25) is 9.59 Å². The summed E-state index contributed by atoms with van der Waals surface area (Å²) in [5.41, 5.74) is 9.19. The Hall–Kier alpha value is -3.88. The summed E-state index contributed by atoms with van der Waals surface area (Å²) in [6.07, 6.45) is 0. The molecule has 4 N–H and O–H groups in total. The number of ether oxygens (including phenoxy) is 1. The average molecular weight is 394 g/mol. The summed E-state index contributed by atoms with van der Waals surface area (Å²) >= 11 is 0. The largest absolute Gasteiger partial charge is 0.497 e. The first-order chi connectivity index (χ1) is 13.9. The van der Waals surface area contributed by atoms with Crippen LogP contribution in [0.2, 0.25) is 0 Å². The van der Waals surface area contributed by atoms with Crippen molar-refractivity contribution in [1.82, 2.24) is 15.0 Å². The van der Waals surface area contributed by atoms with E-state index in [1.54, 1.807) is 24.3 Å². The number of nitrogens with two attached hydrogens (primary N) is 1. The first-order valence-electron chi connectivity index (χ1n) is 8.89. The molecule has 3 rings (SSSR count). The van der Waals surface area contributed by atoms with Crippen molar-refractivity contribution in [1.29, 1.82) is 0 Å². The van der Waals surface area contributed by atoms with Crippen LogP contribution in [0.5, 0.6) is 5.75 Å². The summed E-state index contributed by atoms with van der Waals surface area (Å²) in [6, 6.07) is 12.6. The van der Waals surface area contributed by atoms with E-state index in [-0.39, 0.29) is 24.0 Å². The van der Waals surface area contributed by atoms with Gasteiger partial charge >= 0.3 is 0 Å². The molecule has 0 saturated carbocycles. The number of hydrogen-bond acceptors (Lipinski definition) is 6. The van der Waals surface area contributed by atoms with Crippen LogP contribution >= 0.6 is 0 Å². The third kappa shape index (κ3) is 4.70. The number of carbonyl (C=O) groups is 2. The quantitative estimate of drug-likeness (QED) is 0.590. The number of anilines is 3. The number of nitrogen functional groups attached to an aromatic ring is 1. The zero-order valence-electron chi connectivity index (χ0n) is 16.4. The molecule has 9 nitrogen and oxygen atoms in total. The van der Waals surface area contributed by atoms with Gasteiger partial charge in [-0.15, -0.1) is 5.10 Å². The highest BCUT2D eigenvalue weighted by Crippen LogP contribution is 2.19. The van der Waals surface area contributed by atoms with Crippen LogP contribution < -0.4 is 21.1 Å². The normalized spacial score (nSPS) is 10.4. The fourth-order valence-corrected chi connectivity index (χ4v) is 2.77. The molecular weight excluding hydrogens is 372 g/mol. The van der Waals surface area contributed by atoms with Gasteiger partial charge in [-0.2, -0.15) is 0 Å². The fourth-order valence-electron chi connectivity index (χ4n) is 2.77. The molecule has 3 aromatic rings. The summed E-state index contributed by atoms with van der Waals surface area (Å²) in [7, 11) is 1.54. The van der Waals surface area contributed by atoms with E-state index in [1.807, 2.05) is 32.0 Å². The minimum Gasteiger partial charge on any atom is -0.497 e. The lowest BCUT2D eigenvalue weighted by Gasteiger charge is -2.09. The van der Waals surface area contributed by atoms with E-state index in [1.165, 1.54) is 11.8 Å². The van der Waals surface area contributed by atoms with Crippen LogP contribution in [0.1, 0.15) is 21.6 Å². The Morgan fingerprint density at radius 2 is 1.93 bits per heavy atom. The van der Waals surface area contributed by atoms with E-state index in [0.29, 0.717) is 17.1 Å². The molecule has 0 spiro atoms. The second-order valence-electron chi connectivity index (χ2n) is 6.53. The smallest absolute Gasteiger partial charge is 0.280 e. The van der Waals surface area contributed by atoms with Gasteiger partial charge in [0.1, 0.15) is 12.3 Å². The highest BCUT2D eigenvalue weighted by Gasteiger charge is 2.19. The van der Waals surface area contributed by atoms with E-state index >= 15 is 0 Å². The van der Waals surface area contributed by atoms with Crippen LogP contribution in [-0.4, -0.2) is 33.9 Å². The third-order valence-corrected chi connectivity index (χ3v) is 4.27. The molecule has 2 amide bonds. The zero-order valence-corrected chi connectivity index (χ0v) is 16.4. The molecule has 0 bridgehead atoms. The number of methoxy groups -OCH3 is 1. The number of carbonyl (C=O) groups excluding carboxylic acids is 2. The third-order valence-electron chi connectivity index (χ3n) is 4.27. The molecule has 1 heterocycles. The molecule has 0 fully saturated rings. The monoisotopic (exact) mass is 394 g/mol. The van der Waals surface area contributed by atoms with Gasteiger partial charge in [0, 0.05) is 17.4 Å². The molecule has 2 aromatic carbocycles.